The molecule has 0 aliphatic heterocycles. The lowest BCUT2D eigenvalue weighted by Gasteiger charge is -2.14. The van der Waals surface area contributed by atoms with Crippen LogP contribution in [0.1, 0.15) is 34.6 Å². The summed E-state index contributed by atoms with van der Waals surface area (Å²) in [6, 6.07) is 7.07. The highest BCUT2D eigenvalue weighted by atomic mass is 35.5. The number of halogens is 1. The van der Waals surface area contributed by atoms with Crippen LogP contribution in [-0.4, -0.2) is 28.3 Å². The zero-order valence-electron chi connectivity index (χ0n) is 19.4. The molecule has 182 valence electrons. The minimum absolute atomic E-state index is 0.0754. The van der Waals surface area contributed by atoms with Crippen LogP contribution in [0.15, 0.2) is 44.9 Å². The van der Waals surface area contributed by atoms with E-state index in [1.807, 2.05) is 13.0 Å². The number of carbonyl (C=O) groups is 1. The van der Waals surface area contributed by atoms with Crippen molar-refractivity contribution in [1.29, 1.82) is 0 Å². The summed E-state index contributed by atoms with van der Waals surface area (Å²) < 4.78 is 12.5. The highest BCUT2D eigenvalue weighted by Crippen LogP contribution is 2.35. The molecule has 0 fully saturated rings. The maximum Gasteiger partial charge on any atom is 0.263 e. The van der Waals surface area contributed by atoms with Gasteiger partial charge in [-0.05, 0) is 61.9 Å². The van der Waals surface area contributed by atoms with Crippen LogP contribution in [-0.2, 0) is 24.2 Å². The number of anilines is 1. The second kappa shape index (κ2) is 10.1. The number of nitrogens with one attached hydrogen (secondary N) is 1. The van der Waals surface area contributed by atoms with Crippen molar-refractivity contribution in [3.63, 3.8) is 0 Å². The van der Waals surface area contributed by atoms with Gasteiger partial charge in [0.15, 0.2) is 5.16 Å². The number of carbonyl (C=O) groups excluding carboxylic acids is 1. The van der Waals surface area contributed by atoms with Crippen molar-refractivity contribution in [2.75, 3.05) is 18.2 Å². The zero-order valence-corrected chi connectivity index (χ0v) is 21.7. The van der Waals surface area contributed by atoms with Gasteiger partial charge in [-0.3, -0.25) is 14.2 Å². The number of hydrogen-bond donors (Lipinski definition) is 1. The molecule has 7 nitrogen and oxygen atoms in total. The van der Waals surface area contributed by atoms with Gasteiger partial charge in [-0.2, -0.15) is 0 Å². The van der Waals surface area contributed by atoms with Crippen LogP contribution >= 0.6 is 34.7 Å². The van der Waals surface area contributed by atoms with Gasteiger partial charge in [0.1, 0.15) is 16.3 Å². The van der Waals surface area contributed by atoms with Crippen LogP contribution in [0.3, 0.4) is 0 Å². The van der Waals surface area contributed by atoms with E-state index in [1.54, 1.807) is 40.4 Å². The van der Waals surface area contributed by atoms with Gasteiger partial charge in [0.25, 0.3) is 5.56 Å². The topological polar surface area (TPSA) is 86.4 Å². The molecule has 1 N–H and O–H groups in total. The number of amides is 1. The SMILES string of the molecule is COc1cc(Cl)c(C)cc1NC(=O)CSc1nc2sc3c(c2c(=O)n1Cc1ccco1)CCCC3. The number of hydrogen-bond acceptors (Lipinski definition) is 7. The van der Waals surface area contributed by atoms with E-state index in [1.165, 1.54) is 23.7 Å². The molecule has 3 heterocycles. The molecule has 1 aromatic carbocycles. The van der Waals surface area contributed by atoms with Crippen molar-refractivity contribution < 1.29 is 13.9 Å². The highest BCUT2D eigenvalue weighted by molar-refractivity contribution is 7.99. The Balaban J connectivity index is 1.45. The van der Waals surface area contributed by atoms with Gasteiger partial charge < -0.3 is 14.5 Å². The summed E-state index contributed by atoms with van der Waals surface area (Å²) in [5.41, 5.74) is 2.43. The van der Waals surface area contributed by atoms with Crippen LogP contribution in [0.5, 0.6) is 5.75 Å². The molecule has 35 heavy (non-hydrogen) atoms. The number of thiophene rings is 1. The average molecular weight is 530 g/mol. The van der Waals surface area contributed by atoms with E-state index in [0.717, 1.165) is 41.6 Å². The molecule has 0 radical (unpaired) electrons. The van der Waals surface area contributed by atoms with Gasteiger partial charge in [0.2, 0.25) is 5.91 Å². The summed E-state index contributed by atoms with van der Waals surface area (Å²) in [6.07, 6.45) is 5.70. The molecule has 3 aromatic heterocycles. The smallest absolute Gasteiger partial charge is 0.263 e. The predicted molar refractivity (Wildman–Crippen MR) is 140 cm³/mol. The highest BCUT2D eigenvalue weighted by Gasteiger charge is 2.23. The van der Waals surface area contributed by atoms with Crippen LogP contribution in [0, 0.1) is 6.92 Å². The summed E-state index contributed by atoms with van der Waals surface area (Å²) >= 11 is 9.00. The molecule has 1 aliphatic carbocycles. The molecule has 10 heteroatoms. The number of thioether (sulfide) groups is 1. The third-order valence-corrected chi connectivity index (χ3v) is 8.59. The summed E-state index contributed by atoms with van der Waals surface area (Å²) in [4.78, 5) is 33.3. The summed E-state index contributed by atoms with van der Waals surface area (Å²) in [5, 5.41) is 4.65. The van der Waals surface area contributed by atoms with Crippen LogP contribution < -0.4 is 15.6 Å². The van der Waals surface area contributed by atoms with Crippen LogP contribution in [0.2, 0.25) is 5.02 Å². The first-order chi connectivity index (χ1) is 16.9. The third-order valence-electron chi connectivity index (χ3n) is 6.02. The Bertz CT molecular complexity index is 1460. The lowest BCUT2D eigenvalue weighted by atomic mass is 9.97. The van der Waals surface area contributed by atoms with Crippen molar-refractivity contribution in [2.24, 2.45) is 0 Å². The van der Waals surface area contributed by atoms with Crippen molar-refractivity contribution in [3.05, 3.63) is 67.7 Å². The van der Waals surface area contributed by atoms with Crippen molar-refractivity contribution in [3.8, 4) is 5.75 Å². The largest absolute Gasteiger partial charge is 0.495 e. The maximum atomic E-state index is 13.6. The first kappa shape index (κ1) is 24.0. The Morgan fingerprint density at radius 3 is 2.94 bits per heavy atom. The Hall–Kier alpha value is -2.75. The maximum absolute atomic E-state index is 13.6. The minimum Gasteiger partial charge on any atom is -0.495 e. The molecule has 1 amide bonds. The molecular weight excluding hydrogens is 506 g/mol. The average Bonchev–Trinajstić information content (AvgIpc) is 3.49. The van der Waals surface area contributed by atoms with Gasteiger partial charge >= 0.3 is 0 Å². The molecule has 0 bridgehead atoms. The molecule has 0 atom stereocenters. The summed E-state index contributed by atoms with van der Waals surface area (Å²) in [5.74, 6) is 0.980. The molecular formula is C25H24ClN3O4S2. The Labute approximate surface area is 215 Å². The summed E-state index contributed by atoms with van der Waals surface area (Å²) in [6.45, 7) is 2.12. The fourth-order valence-corrected chi connectivity index (χ4v) is 6.53. The molecule has 5 rings (SSSR count). The second-order valence-corrected chi connectivity index (χ2v) is 10.8. The first-order valence-corrected chi connectivity index (χ1v) is 13.5. The Morgan fingerprint density at radius 1 is 1.34 bits per heavy atom. The number of rotatable bonds is 7. The molecule has 0 unspecified atom stereocenters. The third kappa shape index (κ3) is 4.85. The number of aryl methyl sites for hydroxylation is 3. The Kier molecular flexibility index (Phi) is 6.91. The van der Waals surface area contributed by atoms with Crippen molar-refractivity contribution in [1.82, 2.24) is 9.55 Å². The minimum atomic E-state index is -0.237. The molecule has 0 spiro atoms. The molecule has 0 saturated heterocycles. The van der Waals surface area contributed by atoms with E-state index < -0.39 is 0 Å². The van der Waals surface area contributed by atoms with E-state index in [2.05, 4.69) is 5.32 Å². The number of ether oxygens (including phenoxy) is 1. The standard InChI is InChI=1S/C25H24ClN3O4S2/c1-14-10-18(19(32-2)11-17(14)26)27-21(30)13-34-25-28-23-22(16-7-3-4-8-20(16)35-23)24(31)29(25)12-15-6-5-9-33-15/h5-6,9-11H,3-4,7-8,12-13H2,1-2H3,(H,27,30). The molecule has 0 saturated carbocycles. The first-order valence-electron chi connectivity index (χ1n) is 11.3. The van der Waals surface area contributed by atoms with Crippen LogP contribution in [0.25, 0.3) is 10.2 Å². The number of nitrogens with zero attached hydrogens (tertiary/aromatic N) is 2. The molecule has 4 aromatic rings. The monoisotopic (exact) mass is 529 g/mol. The van der Waals surface area contributed by atoms with E-state index in [-0.39, 0.29) is 23.8 Å². The molecule has 1 aliphatic rings. The Morgan fingerprint density at radius 2 is 2.17 bits per heavy atom. The lowest BCUT2D eigenvalue weighted by Crippen LogP contribution is -2.25. The second-order valence-electron chi connectivity index (χ2n) is 8.39. The number of methoxy groups -OCH3 is 1. The zero-order chi connectivity index (χ0) is 24.5. The predicted octanol–water partition coefficient (Wildman–Crippen LogP) is 5.68. The van der Waals surface area contributed by atoms with E-state index in [9.17, 15) is 9.59 Å². The quantitative estimate of drug-likeness (QED) is 0.245. The number of furan rings is 1. The van der Waals surface area contributed by atoms with E-state index in [0.29, 0.717) is 32.8 Å². The number of aromatic nitrogens is 2. The fourth-order valence-electron chi connectivity index (χ4n) is 4.27. The van der Waals surface area contributed by atoms with E-state index in [4.69, 9.17) is 25.7 Å². The van der Waals surface area contributed by atoms with Crippen molar-refractivity contribution in [2.45, 2.75) is 44.3 Å². The van der Waals surface area contributed by atoms with Gasteiger partial charge in [-0.15, -0.1) is 11.3 Å². The number of fused-ring (bicyclic) bond motifs is 3. The van der Waals surface area contributed by atoms with Crippen molar-refractivity contribution >= 4 is 56.5 Å². The van der Waals surface area contributed by atoms with Gasteiger partial charge in [-0.25, -0.2) is 4.98 Å². The summed E-state index contributed by atoms with van der Waals surface area (Å²) in [7, 11) is 1.53. The normalized spacial score (nSPS) is 13.1. The van der Waals surface area contributed by atoms with E-state index >= 15 is 0 Å². The lowest BCUT2D eigenvalue weighted by molar-refractivity contribution is -0.113. The van der Waals surface area contributed by atoms with Gasteiger partial charge in [-0.1, -0.05) is 23.4 Å². The fraction of sp³-hybridized carbons (Fsp3) is 0.320. The van der Waals surface area contributed by atoms with Gasteiger partial charge in [0, 0.05) is 16.0 Å². The van der Waals surface area contributed by atoms with Crippen LogP contribution in [0.4, 0.5) is 5.69 Å². The van der Waals surface area contributed by atoms with Gasteiger partial charge in [0.05, 0.1) is 36.7 Å². The number of benzene rings is 1.